The second kappa shape index (κ2) is 5.82. The Bertz CT molecular complexity index is 709. The van der Waals surface area contributed by atoms with Crippen molar-refractivity contribution < 1.29 is 18.3 Å². The van der Waals surface area contributed by atoms with Crippen LogP contribution in [0.3, 0.4) is 0 Å². The number of rotatable bonds is 4. The first kappa shape index (κ1) is 18.3. The van der Waals surface area contributed by atoms with Crippen LogP contribution >= 0.6 is 0 Å². The second-order valence-electron chi connectivity index (χ2n) is 6.91. The first-order valence-electron chi connectivity index (χ1n) is 7.26. The van der Waals surface area contributed by atoms with Crippen LogP contribution in [-0.4, -0.2) is 30.4 Å². The fourth-order valence-corrected chi connectivity index (χ4v) is 2.07. The van der Waals surface area contributed by atoms with Crippen LogP contribution in [0.2, 0.25) is 0 Å². The van der Waals surface area contributed by atoms with Crippen molar-refractivity contribution in [1.29, 1.82) is 0 Å². The second-order valence-corrected chi connectivity index (χ2v) is 6.91. The molecule has 6 nitrogen and oxygen atoms in total. The highest BCUT2D eigenvalue weighted by Crippen LogP contribution is 2.32. The topological polar surface area (TPSA) is 89.9 Å². The van der Waals surface area contributed by atoms with Gasteiger partial charge in [0.1, 0.15) is 5.60 Å². The fraction of sp³-hybridized carbons (Fsp3) is 0.533. The molecule has 3 N–H and O–H groups in total. The highest BCUT2D eigenvalue weighted by Gasteiger charge is 2.35. The number of alkyl halides is 3. The summed E-state index contributed by atoms with van der Waals surface area (Å²) in [7, 11) is 0. The minimum absolute atomic E-state index is 0.0889. The Morgan fingerprint density at radius 3 is 2.08 bits per heavy atom. The van der Waals surface area contributed by atoms with Crippen LogP contribution in [0.1, 0.15) is 39.2 Å². The predicted molar refractivity (Wildman–Crippen MR) is 81.8 cm³/mol. The van der Waals surface area contributed by atoms with Crippen molar-refractivity contribution in [1.82, 2.24) is 19.7 Å². The summed E-state index contributed by atoms with van der Waals surface area (Å²) in [6.45, 7) is 6.51. The van der Waals surface area contributed by atoms with Crippen molar-refractivity contribution in [2.75, 3.05) is 0 Å². The molecule has 24 heavy (non-hydrogen) atoms. The van der Waals surface area contributed by atoms with E-state index in [9.17, 15) is 18.3 Å². The Kier molecular flexibility index (Phi) is 4.45. The zero-order valence-electron chi connectivity index (χ0n) is 13.9. The van der Waals surface area contributed by atoms with Gasteiger partial charge in [0.15, 0.2) is 11.5 Å². The average Bonchev–Trinajstić information content (AvgIpc) is 2.79. The molecule has 132 valence electrons. The Morgan fingerprint density at radius 2 is 1.67 bits per heavy atom. The van der Waals surface area contributed by atoms with Gasteiger partial charge in [0, 0.05) is 23.5 Å². The van der Waals surface area contributed by atoms with Crippen LogP contribution in [0.25, 0.3) is 11.3 Å². The molecule has 0 aliphatic rings. The number of aromatic nitrogens is 4. The molecule has 0 saturated carbocycles. The molecule has 0 bridgehead atoms. The number of halogens is 3. The molecule has 2 aromatic rings. The summed E-state index contributed by atoms with van der Waals surface area (Å²) in [5.41, 5.74) is 3.48. The highest BCUT2D eigenvalue weighted by molar-refractivity contribution is 5.58. The molecular formula is C15H20F3N5O. The van der Waals surface area contributed by atoms with E-state index >= 15 is 0 Å². The van der Waals surface area contributed by atoms with Gasteiger partial charge in [0.05, 0.1) is 12.2 Å². The lowest BCUT2D eigenvalue weighted by Crippen LogP contribution is -2.37. The van der Waals surface area contributed by atoms with E-state index in [4.69, 9.17) is 5.73 Å². The minimum atomic E-state index is -4.56. The van der Waals surface area contributed by atoms with Crippen molar-refractivity contribution in [3.8, 4) is 11.3 Å². The standard InChI is InChI=1S/C15H20F3N5O/c1-13(2,19)8-23-10(5-11(22-23)15(16,17)18)9-6-20-12(21-7-9)14(3,4)24/h5-7,24H,8,19H2,1-4H3. The first-order chi connectivity index (χ1) is 10.8. The number of nitrogens with zero attached hydrogens (tertiary/aromatic N) is 4. The van der Waals surface area contributed by atoms with Gasteiger partial charge in [0.25, 0.3) is 0 Å². The first-order valence-corrected chi connectivity index (χ1v) is 7.26. The van der Waals surface area contributed by atoms with E-state index in [0.29, 0.717) is 5.56 Å². The molecular weight excluding hydrogens is 323 g/mol. The molecule has 2 aromatic heterocycles. The van der Waals surface area contributed by atoms with Gasteiger partial charge < -0.3 is 10.8 Å². The smallest absolute Gasteiger partial charge is 0.382 e. The third-order valence-electron chi connectivity index (χ3n) is 3.12. The predicted octanol–water partition coefficient (Wildman–Crippen LogP) is 2.32. The Hall–Kier alpha value is -2.00. The molecule has 0 radical (unpaired) electrons. The van der Waals surface area contributed by atoms with E-state index < -0.39 is 23.0 Å². The van der Waals surface area contributed by atoms with Gasteiger partial charge in [0.2, 0.25) is 0 Å². The molecule has 2 heterocycles. The fourth-order valence-electron chi connectivity index (χ4n) is 2.07. The Labute approximate surface area is 137 Å². The van der Waals surface area contributed by atoms with Gasteiger partial charge in [-0.2, -0.15) is 18.3 Å². The summed E-state index contributed by atoms with van der Waals surface area (Å²) in [5.74, 6) is 0.174. The summed E-state index contributed by atoms with van der Waals surface area (Å²) >= 11 is 0. The number of hydrogen-bond acceptors (Lipinski definition) is 5. The number of hydrogen-bond donors (Lipinski definition) is 2. The number of aliphatic hydroxyl groups is 1. The number of nitrogens with two attached hydrogens (primary N) is 1. The lowest BCUT2D eigenvalue weighted by Gasteiger charge is -2.20. The van der Waals surface area contributed by atoms with Gasteiger partial charge in [-0.1, -0.05) is 0 Å². The lowest BCUT2D eigenvalue weighted by molar-refractivity contribution is -0.141. The molecule has 0 fully saturated rings. The van der Waals surface area contributed by atoms with Gasteiger partial charge in [-0.15, -0.1) is 0 Å². The van der Waals surface area contributed by atoms with Crippen molar-refractivity contribution in [3.05, 3.63) is 30.0 Å². The highest BCUT2D eigenvalue weighted by atomic mass is 19.4. The molecule has 0 aliphatic heterocycles. The molecule has 2 rings (SSSR count). The van der Waals surface area contributed by atoms with E-state index in [1.54, 1.807) is 13.8 Å². The van der Waals surface area contributed by atoms with E-state index in [2.05, 4.69) is 15.1 Å². The zero-order chi connectivity index (χ0) is 18.3. The van der Waals surface area contributed by atoms with Crippen LogP contribution in [0.5, 0.6) is 0 Å². The quantitative estimate of drug-likeness (QED) is 0.889. The van der Waals surface area contributed by atoms with Gasteiger partial charge in [-0.25, -0.2) is 9.97 Å². The summed E-state index contributed by atoms with van der Waals surface area (Å²) in [6, 6.07) is 0.939. The SMILES string of the molecule is CC(C)(N)Cn1nc(C(F)(F)F)cc1-c1cnc(C(C)(C)O)nc1. The molecule has 9 heteroatoms. The zero-order valence-corrected chi connectivity index (χ0v) is 13.9. The van der Waals surface area contributed by atoms with Gasteiger partial charge >= 0.3 is 6.18 Å². The Morgan fingerprint density at radius 1 is 1.12 bits per heavy atom. The van der Waals surface area contributed by atoms with E-state index in [1.165, 1.54) is 30.9 Å². The van der Waals surface area contributed by atoms with Crippen LogP contribution in [0, 0.1) is 0 Å². The normalized spacial score (nSPS) is 13.4. The van der Waals surface area contributed by atoms with Crippen molar-refractivity contribution in [3.63, 3.8) is 0 Å². The van der Waals surface area contributed by atoms with Crippen LogP contribution < -0.4 is 5.73 Å². The summed E-state index contributed by atoms with van der Waals surface area (Å²) in [4.78, 5) is 8.04. The van der Waals surface area contributed by atoms with Crippen LogP contribution in [-0.2, 0) is 18.3 Å². The van der Waals surface area contributed by atoms with Crippen LogP contribution in [0.4, 0.5) is 13.2 Å². The molecule has 0 saturated heterocycles. The van der Waals surface area contributed by atoms with E-state index in [0.717, 1.165) is 6.07 Å². The van der Waals surface area contributed by atoms with E-state index in [-0.39, 0.29) is 18.1 Å². The maximum atomic E-state index is 13.0. The van der Waals surface area contributed by atoms with Crippen molar-refractivity contribution in [2.45, 2.75) is 51.6 Å². The summed E-state index contributed by atoms with van der Waals surface area (Å²) < 4.78 is 40.1. The summed E-state index contributed by atoms with van der Waals surface area (Å²) in [6.07, 6.45) is -1.85. The Balaban J connectivity index is 2.49. The van der Waals surface area contributed by atoms with Gasteiger partial charge in [-0.3, -0.25) is 4.68 Å². The molecule has 0 atom stereocenters. The molecule has 0 unspecified atom stereocenters. The van der Waals surface area contributed by atoms with Crippen molar-refractivity contribution >= 4 is 0 Å². The maximum Gasteiger partial charge on any atom is 0.435 e. The monoisotopic (exact) mass is 343 g/mol. The van der Waals surface area contributed by atoms with E-state index in [1.807, 2.05) is 0 Å². The lowest BCUT2D eigenvalue weighted by atomic mass is 10.1. The third kappa shape index (κ3) is 4.30. The molecule has 0 amide bonds. The van der Waals surface area contributed by atoms with Gasteiger partial charge in [-0.05, 0) is 33.8 Å². The molecule has 0 aromatic carbocycles. The van der Waals surface area contributed by atoms with Crippen molar-refractivity contribution in [2.24, 2.45) is 5.73 Å². The molecule has 0 aliphatic carbocycles. The molecule has 0 spiro atoms. The van der Waals surface area contributed by atoms with Crippen LogP contribution in [0.15, 0.2) is 18.5 Å². The summed E-state index contributed by atoms with van der Waals surface area (Å²) in [5, 5.41) is 13.5. The largest absolute Gasteiger partial charge is 0.435 e. The third-order valence-corrected chi connectivity index (χ3v) is 3.12. The maximum absolute atomic E-state index is 13.0. The minimum Gasteiger partial charge on any atom is -0.382 e. The average molecular weight is 343 g/mol.